The van der Waals surface area contributed by atoms with E-state index in [0.717, 1.165) is 6.61 Å². The molecule has 0 radical (unpaired) electrons. The first-order valence-electron chi connectivity index (χ1n) is 5.26. The molecular formula is C12H16O3. The number of rotatable bonds is 7. The molecule has 3 nitrogen and oxygen atoms in total. The highest BCUT2D eigenvalue weighted by molar-refractivity contribution is 5.13. The maximum atomic E-state index is 5.46. The van der Waals surface area contributed by atoms with Crippen molar-refractivity contribution in [3.05, 3.63) is 35.9 Å². The van der Waals surface area contributed by atoms with Crippen LogP contribution in [0.5, 0.6) is 0 Å². The van der Waals surface area contributed by atoms with Gasteiger partial charge in [-0.25, -0.2) is 0 Å². The summed E-state index contributed by atoms with van der Waals surface area (Å²) in [6, 6.07) is 10.1. The van der Waals surface area contributed by atoms with Gasteiger partial charge in [-0.2, -0.15) is 0 Å². The molecular weight excluding hydrogens is 192 g/mol. The van der Waals surface area contributed by atoms with E-state index in [2.05, 4.69) is 12.1 Å². The molecule has 0 aliphatic carbocycles. The van der Waals surface area contributed by atoms with Crippen LogP contribution >= 0.6 is 0 Å². The highest BCUT2D eigenvalue weighted by atomic mass is 16.6. The molecule has 1 aliphatic rings. The van der Waals surface area contributed by atoms with Crippen LogP contribution < -0.4 is 0 Å². The van der Waals surface area contributed by atoms with E-state index in [1.807, 2.05) is 18.2 Å². The fraction of sp³-hybridized carbons (Fsp3) is 0.500. The van der Waals surface area contributed by atoms with E-state index in [9.17, 15) is 0 Å². The lowest BCUT2D eigenvalue weighted by Gasteiger charge is -2.04. The maximum Gasteiger partial charge on any atom is 0.104 e. The summed E-state index contributed by atoms with van der Waals surface area (Å²) in [6.07, 6.45) is 0.346. The Balaban J connectivity index is 1.47. The van der Waals surface area contributed by atoms with Gasteiger partial charge in [0, 0.05) is 0 Å². The molecule has 1 heterocycles. The summed E-state index contributed by atoms with van der Waals surface area (Å²) in [5.41, 5.74) is 1.20. The lowest BCUT2D eigenvalue weighted by atomic mass is 10.2. The summed E-state index contributed by atoms with van der Waals surface area (Å²) in [6.45, 7) is 3.50. The molecule has 1 aromatic rings. The zero-order valence-electron chi connectivity index (χ0n) is 8.72. The summed E-state index contributed by atoms with van der Waals surface area (Å²) < 4.78 is 15.8. The molecule has 1 fully saturated rings. The Morgan fingerprint density at radius 2 is 1.87 bits per heavy atom. The van der Waals surface area contributed by atoms with Gasteiger partial charge in [0.25, 0.3) is 0 Å². The molecule has 1 saturated heterocycles. The minimum atomic E-state index is 0.346. The fourth-order valence-electron chi connectivity index (χ4n) is 1.26. The maximum absolute atomic E-state index is 5.46. The van der Waals surface area contributed by atoms with E-state index >= 15 is 0 Å². The fourth-order valence-corrected chi connectivity index (χ4v) is 1.26. The van der Waals surface area contributed by atoms with E-state index in [1.165, 1.54) is 5.56 Å². The van der Waals surface area contributed by atoms with Crippen LogP contribution in [-0.2, 0) is 20.8 Å². The molecule has 0 saturated carbocycles. The Bertz CT molecular complexity index is 269. The highest BCUT2D eigenvalue weighted by Crippen LogP contribution is 2.08. The van der Waals surface area contributed by atoms with E-state index in [0.29, 0.717) is 32.5 Å². The van der Waals surface area contributed by atoms with E-state index < -0.39 is 0 Å². The number of hydrogen-bond donors (Lipinski definition) is 0. The smallest absolute Gasteiger partial charge is 0.104 e. The summed E-state index contributed by atoms with van der Waals surface area (Å²) in [4.78, 5) is 0. The molecule has 0 N–H and O–H groups in total. The molecule has 15 heavy (non-hydrogen) atoms. The molecule has 1 aromatic carbocycles. The number of benzene rings is 1. The molecule has 2 rings (SSSR count). The summed E-state index contributed by atoms with van der Waals surface area (Å²) >= 11 is 0. The van der Waals surface area contributed by atoms with Crippen LogP contribution in [0.2, 0.25) is 0 Å². The van der Waals surface area contributed by atoms with Gasteiger partial charge >= 0.3 is 0 Å². The van der Waals surface area contributed by atoms with E-state index in [-0.39, 0.29) is 0 Å². The van der Waals surface area contributed by atoms with Crippen molar-refractivity contribution >= 4 is 0 Å². The van der Waals surface area contributed by atoms with Crippen LogP contribution in [0.15, 0.2) is 30.3 Å². The average Bonchev–Trinajstić information content (AvgIpc) is 3.09. The van der Waals surface area contributed by atoms with Crippen LogP contribution in [0.25, 0.3) is 0 Å². The van der Waals surface area contributed by atoms with Crippen LogP contribution in [0.3, 0.4) is 0 Å². The number of ether oxygens (including phenoxy) is 3. The Morgan fingerprint density at radius 3 is 2.60 bits per heavy atom. The lowest BCUT2D eigenvalue weighted by Crippen LogP contribution is -2.08. The Labute approximate surface area is 90.0 Å². The van der Waals surface area contributed by atoms with Gasteiger partial charge in [-0.3, -0.25) is 0 Å². The predicted octanol–water partition coefficient (Wildman–Crippen LogP) is 1.62. The van der Waals surface area contributed by atoms with Crippen molar-refractivity contribution in [2.24, 2.45) is 0 Å². The molecule has 1 unspecified atom stereocenters. The number of hydrogen-bond acceptors (Lipinski definition) is 3. The van der Waals surface area contributed by atoms with Crippen LogP contribution in [0, 0.1) is 0 Å². The summed E-state index contributed by atoms with van der Waals surface area (Å²) in [7, 11) is 0. The van der Waals surface area contributed by atoms with Crippen LogP contribution in [0.4, 0.5) is 0 Å². The second kappa shape index (κ2) is 5.85. The van der Waals surface area contributed by atoms with E-state index in [1.54, 1.807) is 0 Å². The van der Waals surface area contributed by atoms with Gasteiger partial charge in [-0.05, 0) is 5.56 Å². The van der Waals surface area contributed by atoms with Gasteiger partial charge in [-0.1, -0.05) is 30.3 Å². The highest BCUT2D eigenvalue weighted by Gasteiger charge is 2.21. The zero-order chi connectivity index (χ0) is 10.3. The van der Waals surface area contributed by atoms with Gasteiger partial charge in [0.1, 0.15) is 6.10 Å². The monoisotopic (exact) mass is 208 g/mol. The SMILES string of the molecule is c1ccc(COCCOCC2CO2)cc1. The van der Waals surface area contributed by atoms with Crippen molar-refractivity contribution in [3.63, 3.8) is 0 Å². The summed E-state index contributed by atoms with van der Waals surface area (Å²) in [5, 5.41) is 0. The first-order valence-corrected chi connectivity index (χ1v) is 5.26. The van der Waals surface area contributed by atoms with Crippen molar-refractivity contribution in [1.29, 1.82) is 0 Å². The first-order chi connectivity index (χ1) is 7.45. The second-order valence-corrected chi connectivity index (χ2v) is 3.57. The molecule has 0 bridgehead atoms. The molecule has 0 spiro atoms. The predicted molar refractivity (Wildman–Crippen MR) is 56.7 cm³/mol. The van der Waals surface area contributed by atoms with Crippen molar-refractivity contribution in [1.82, 2.24) is 0 Å². The van der Waals surface area contributed by atoms with Gasteiger partial charge in [0.05, 0.1) is 33.0 Å². The van der Waals surface area contributed by atoms with Gasteiger partial charge in [0.2, 0.25) is 0 Å². The largest absolute Gasteiger partial charge is 0.376 e. The summed E-state index contributed by atoms with van der Waals surface area (Å²) in [5.74, 6) is 0. The van der Waals surface area contributed by atoms with Crippen LogP contribution in [0.1, 0.15) is 5.56 Å². The Morgan fingerprint density at radius 1 is 1.13 bits per heavy atom. The second-order valence-electron chi connectivity index (χ2n) is 3.57. The van der Waals surface area contributed by atoms with Crippen LogP contribution in [-0.4, -0.2) is 32.5 Å². The van der Waals surface area contributed by atoms with Crippen molar-refractivity contribution in [3.8, 4) is 0 Å². The standard InChI is InChI=1S/C12H16O3/c1-2-4-11(5-3-1)8-13-6-7-14-9-12-10-15-12/h1-5,12H,6-10H2. The Hall–Kier alpha value is -0.900. The third-order valence-corrected chi connectivity index (χ3v) is 2.19. The minimum absolute atomic E-state index is 0.346. The zero-order valence-corrected chi connectivity index (χ0v) is 8.72. The quantitative estimate of drug-likeness (QED) is 0.504. The topological polar surface area (TPSA) is 31.0 Å². The molecule has 82 valence electrons. The van der Waals surface area contributed by atoms with Crippen molar-refractivity contribution in [2.45, 2.75) is 12.7 Å². The van der Waals surface area contributed by atoms with Gasteiger partial charge < -0.3 is 14.2 Å². The van der Waals surface area contributed by atoms with Gasteiger partial charge in [0.15, 0.2) is 0 Å². The molecule has 1 atom stereocenters. The van der Waals surface area contributed by atoms with Crippen molar-refractivity contribution < 1.29 is 14.2 Å². The molecule has 0 aromatic heterocycles. The van der Waals surface area contributed by atoms with E-state index in [4.69, 9.17) is 14.2 Å². The first kappa shape index (κ1) is 10.6. The molecule has 3 heteroatoms. The normalized spacial score (nSPS) is 19.1. The average molecular weight is 208 g/mol. The van der Waals surface area contributed by atoms with Gasteiger partial charge in [-0.15, -0.1) is 0 Å². The lowest BCUT2D eigenvalue weighted by molar-refractivity contribution is 0.0353. The third-order valence-electron chi connectivity index (χ3n) is 2.19. The Kier molecular flexibility index (Phi) is 4.14. The van der Waals surface area contributed by atoms with Crippen molar-refractivity contribution in [2.75, 3.05) is 26.4 Å². The number of epoxide rings is 1. The molecule has 0 amide bonds. The molecule has 1 aliphatic heterocycles. The minimum Gasteiger partial charge on any atom is -0.376 e. The third kappa shape index (κ3) is 4.42.